The summed E-state index contributed by atoms with van der Waals surface area (Å²) in [5.74, 6) is 0.696. The fourth-order valence-corrected chi connectivity index (χ4v) is 4.97. The van der Waals surface area contributed by atoms with Gasteiger partial charge in [0.05, 0.1) is 24.7 Å². The lowest BCUT2D eigenvalue weighted by atomic mass is 10.0. The standard InChI is InChI=1S/C20H26N2O4S/c1-25-14-11-16-7-9-17(10-8-16)27(23,24)22-13-12-21-15-19(22)18-5-3-4-6-20(18)26-2/h3-10,19,21H,11-15H2,1-2H3. The predicted molar refractivity (Wildman–Crippen MR) is 105 cm³/mol. The van der Waals surface area contributed by atoms with E-state index in [2.05, 4.69) is 5.32 Å². The van der Waals surface area contributed by atoms with E-state index >= 15 is 0 Å². The second-order valence-electron chi connectivity index (χ2n) is 6.46. The molecule has 0 spiro atoms. The number of para-hydroxylation sites is 1. The van der Waals surface area contributed by atoms with Crippen LogP contribution in [0.3, 0.4) is 0 Å². The molecule has 0 bridgehead atoms. The zero-order valence-electron chi connectivity index (χ0n) is 15.7. The van der Waals surface area contributed by atoms with Crippen LogP contribution in [0, 0.1) is 0 Å². The Hall–Kier alpha value is -1.93. The van der Waals surface area contributed by atoms with Gasteiger partial charge in [0, 0.05) is 32.3 Å². The number of rotatable bonds is 7. The number of nitrogens with one attached hydrogen (secondary N) is 1. The first-order valence-electron chi connectivity index (χ1n) is 9.01. The topological polar surface area (TPSA) is 67.9 Å². The second-order valence-corrected chi connectivity index (χ2v) is 8.35. The summed E-state index contributed by atoms with van der Waals surface area (Å²) in [7, 11) is -0.357. The number of nitrogens with zero attached hydrogens (tertiary/aromatic N) is 1. The van der Waals surface area contributed by atoms with Gasteiger partial charge in [-0.2, -0.15) is 4.31 Å². The molecule has 0 aromatic heterocycles. The van der Waals surface area contributed by atoms with Crippen LogP contribution in [0.2, 0.25) is 0 Å². The summed E-state index contributed by atoms with van der Waals surface area (Å²) in [5.41, 5.74) is 1.92. The summed E-state index contributed by atoms with van der Waals surface area (Å²) < 4.78 is 38.8. The summed E-state index contributed by atoms with van der Waals surface area (Å²) in [6.45, 7) is 2.19. The van der Waals surface area contributed by atoms with Crippen molar-refractivity contribution >= 4 is 10.0 Å². The van der Waals surface area contributed by atoms with Crippen LogP contribution in [-0.4, -0.2) is 53.2 Å². The van der Waals surface area contributed by atoms with Crippen LogP contribution in [0.4, 0.5) is 0 Å². The third-order valence-corrected chi connectivity index (χ3v) is 6.74. The van der Waals surface area contributed by atoms with Gasteiger partial charge in [-0.05, 0) is 30.2 Å². The smallest absolute Gasteiger partial charge is 0.243 e. The maximum Gasteiger partial charge on any atom is 0.243 e. The van der Waals surface area contributed by atoms with Gasteiger partial charge in [0.1, 0.15) is 5.75 Å². The predicted octanol–water partition coefficient (Wildman–Crippen LogP) is 2.22. The summed E-state index contributed by atoms with van der Waals surface area (Å²) in [6, 6.07) is 14.3. The third kappa shape index (κ3) is 4.32. The molecule has 146 valence electrons. The highest BCUT2D eigenvalue weighted by molar-refractivity contribution is 7.89. The van der Waals surface area contributed by atoms with Crippen LogP contribution < -0.4 is 10.1 Å². The van der Waals surface area contributed by atoms with Gasteiger partial charge in [-0.15, -0.1) is 0 Å². The lowest BCUT2D eigenvalue weighted by Crippen LogP contribution is -2.48. The van der Waals surface area contributed by atoms with Crippen LogP contribution in [0.25, 0.3) is 0 Å². The number of hydrogen-bond acceptors (Lipinski definition) is 5. The van der Waals surface area contributed by atoms with E-state index in [4.69, 9.17) is 9.47 Å². The van der Waals surface area contributed by atoms with Gasteiger partial charge in [-0.3, -0.25) is 0 Å². The van der Waals surface area contributed by atoms with Crippen molar-refractivity contribution in [1.82, 2.24) is 9.62 Å². The Morgan fingerprint density at radius 2 is 1.85 bits per heavy atom. The molecule has 1 aliphatic heterocycles. The van der Waals surface area contributed by atoms with Crippen molar-refractivity contribution in [2.24, 2.45) is 0 Å². The average Bonchev–Trinajstić information content (AvgIpc) is 2.72. The molecule has 6 nitrogen and oxygen atoms in total. The Morgan fingerprint density at radius 3 is 2.56 bits per heavy atom. The van der Waals surface area contributed by atoms with Crippen LogP contribution in [0.15, 0.2) is 53.4 Å². The van der Waals surface area contributed by atoms with Crippen molar-refractivity contribution in [2.75, 3.05) is 40.5 Å². The summed E-state index contributed by atoms with van der Waals surface area (Å²) in [4.78, 5) is 0.311. The first-order chi connectivity index (χ1) is 13.1. The van der Waals surface area contributed by atoms with Crippen LogP contribution in [0.5, 0.6) is 5.75 Å². The summed E-state index contributed by atoms with van der Waals surface area (Å²) >= 11 is 0. The Labute approximate surface area is 161 Å². The van der Waals surface area contributed by atoms with E-state index in [0.717, 1.165) is 17.5 Å². The van der Waals surface area contributed by atoms with Crippen LogP contribution >= 0.6 is 0 Å². The van der Waals surface area contributed by atoms with E-state index in [0.29, 0.717) is 36.9 Å². The molecule has 3 rings (SSSR count). The van der Waals surface area contributed by atoms with Crippen molar-refractivity contribution in [3.05, 3.63) is 59.7 Å². The molecule has 1 atom stereocenters. The monoisotopic (exact) mass is 390 g/mol. The first kappa shape index (κ1) is 19.8. The number of sulfonamides is 1. The Bertz CT molecular complexity index is 853. The van der Waals surface area contributed by atoms with E-state index in [-0.39, 0.29) is 6.04 Å². The zero-order valence-corrected chi connectivity index (χ0v) is 16.5. The molecule has 1 fully saturated rings. The molecular weight excluding hydrogens is 364 g/mol. The molecule has 1 aliphatic rings. The molecule has 0 aliphatic carbocycles. The van der Waals surface area contributed by atoms with Crippen LogP contribution in [-0.2, 0) is 21.2 Å². The SMILES string of the molecule is COCCc1ccc(S(=O)(=O)N2CCNCC2c2ccccc2OC)cc1. The Kier molecular flexibility index (Phi) is 6.49. The van der Waals surface area contributed by atoms with Crippen molar-refractivity contribution < 1.29 is 17.9 Å². The number of benzene rings is 2. The van der Waals surface area contributed by atoms with E-state index in [9.17, 15) is 8.42 Å². The quantitative estimate of drug-likeness (QED) is 0.785. The van der Waals surface area contributed by atoms with Crippen molar-refractivity contribution in [3.63, 3.8) is 0 Å². The number of methoxy groups -OCH3 is 2. The van der Waals surface area contributed by atoms with Crippen LogP contribution in [0.1, 0.15) is 17.2 Å². The normalized spacial score (nSPS) is 18.4. The van der Waals surface area contributed by atoms with Gasteiger partial charge in [0.25, 0.3) is 0 Å². The van der Waals surface area contributed by atoms with Gasteiger partial charge >= 0.3 is 0 Å². The van der Waals surface area contributed by atoms with E-state index in [1.165, 1.54) is 0 Å². The molecule has 0 radical (unpaired) electrons. The minimum atomic E-state index is -3.62. The number of piperazine rings is 1. The molecule has 27 heavy (non-hydrogen) atoms. The summed E-state index contributed by atoms with van der Waals surface area (Å²) in [6.07, 6.45) is 0.758. The molecule has 1 unspecified atom stereocenters. The molecule has 1 N–H and O–H groups in total. The highest BCUT2D eigenvalue weighted by Gasteiger charge is 2.35. The molecule has 1 heterocycles. The molecule has 0 amide bonds. The lowest BCUT2D eigenvalue weighted by molar-refractivity contribution is 0.202. The number of hydrogen-bond donors (Lipinski definition) is 1. The molecule has 0 saturated carbocycles. The second kappa shape index (κ2) is 8.84. The molecule has 7 heteroatoms. The van der Waals surface area contributed by atoms with Crippen molar-refractivity contribution in [2.45, 2.75) is 17.4 Å². The van der Waals surface area contributed by atoms with Crippen molar-refractivity contribution in [1.29, 1.82) is 0 Å². The first-order valence-corrected chi connectivity index (χ1v) is 10.5. The van der Waals surface area contributed by atoms with Gasteiger partial charge in [-0.25, -0.2) is 8.42 Å². The molecule has 2 aromatic carbocycles. The maximum absolute atomic E-state index is 13.3. The number of ether oxygens (including phenoxy) is 2. The summed E-state index contributed by atoms with van der Waals surface area (Å²) in [5, 5.41) is 3.29. The largest absolute Gasteiger partial charge is 0.496 e. The zero-order chi connectivity index (χ0) is 19.3. The van der Waals surface area contributed by atoms with E-state index in [1.807, 2.05) is 36.4 Å². The van der Waals surface area contributed by atoms with Crippen molar-refractivity contribution in [3.8, 4) is 5.75 Å². The highest BCUT2D eigenvalue weighted by atomic mass is 32.2. The maximum atomic E-state index is 13.3. The molecule has 1 saturated heterocycles. The van der Waals surface area contributed by atoms with Gasteiger partial charge in [0.15, 0.2) is 0 Å². The average molecular weight is 391 g/mol. The lowest BCUT2D eigenvalue weighted by Gasteiger charge is -2.36. The molecule has 2 aromatic rings. The van der Waals surface area contributed by atoms with Gasteiger partial charge in [0.2, 0.25) is 10.0 Å². The minimum absolute atomic E-state index is 0.311. The minimum Gasteiger partial charge on any atom is -0.496 e. The third-order valence-electron chi connectivity index (χ3n) is 4.82. The van der Waals surface area contributed by atoms with Gasteiger partial charge < -0.3 is 14.8 Å². The molecular formula is C20H26N2O4S. The Morgan fingerprint density at radius 1 is 1.11 bits per heavy atom. The fourth-order valence-electron chi connectivity index (χ4n) is 3.36. The van der Waals surface area contributed by atoms with E-state index in [1.54, 1.807) is 30.7 Å². The highest BCUT2D eigenvalue weighted by Crippen LogP contribution is 2.33. The van der Waals surface area contributed by atoms with E-state index < -0.39 is 10.0 Å². The van der Waals surface area contributed by atoms with Gasteiger partial charge in [-0.1, -0.05) is 30.3 Å². The Balaban J connectivity index is 1.91. The fraction of sp³-hybridized carbons (Fsp3) is 0.400.